The summed E-state index contributed by atoms with van der Waals surface area (Å²) in [5.41, 5.74) is 6.09. The third-order valence-corrected chi connectivity index (χ3v) is 5.01. The molecule has 0 amide bonds. The van der Waals surface area contributed by atoms with Gasteiger partial charge in [-0.2, -0.15) is 0 Å². The van der Waals surface area contributed by atoms with Crippen molar-refractivity contribution in [1.82, 2.24) is 9.55 Å². The number of ether oxygens (including phenoxy) is 1. The molecule has 0 radical (unpaired) electrons. The number of hydrogen-bond donors (Lipinski definition) is 0. The van der Waals surface area contributed by atoms with E-state index in [9.17, 15) is 0 Å². The van der Waals surface area contributed by atoms with Crippen LogP contribution in [0.15, 0.2) is 73.1 Å². The third kappa shape index (κ3) is 3.33. The molecule has 0 aliphatic rings. The molecule has 0 bridgehead atoms. The number of pyridine rings is 1. The van der Waals surface area contributed by atoms with Crippen LogP contribution in [0.4, 0.5) is 0 Å². The van der Waals surface area contributed by atoms with E-state index in [0.717, 1.165) is 17.9 Å². The fourth-order valence-electron chi connectivity index (χ4n) is 3.59. The van der Waals surface area contributed by atoms with E-state index in [1.54, 1.807) is 7.11 Å². The Morgan fingerprint density at radius 2 is 1.70 bits per heavy atom. The van der Waals surface area contributed by atoms with Crippen molar-refractivity contribution < 1.29 is 4.74 Å². The lowest BCUT2D eigenvalue weighted by Crippen LogP contribution is -1.99. The SMILES string of the molecule is COc1ccc(Cn2cc(C(C)C)c3c(-c4ccccc4)ccnc32)cc1. The summed E-state index contributed by atoms with van der Waals surface area (Å²) in [6, 6.07) is 20.9. The number of hydrogen-bond acceptors (Lipinski definition) is 2. The van der Waals surface area contributed by atoms with E-state index in [-0.39, 0.29) is 0 Å². The van der Waals surface area contributed by atoms with Gasteiger partial charge in [0.1, 0.15) is 11.4 Å². The molecule has 2 aromatic carbocycles. The number of nitrogens with zero attached hydrogens (tertiary/aromatic N) is 2. The summed E-state index contributed by atoms with van der Waals surface area (Å²) in [6.07, 6.45) is 4.18. The maximum atomic E-state index is 5.27. The quantitative estimate of drug-likeness (QED) is 0.446. The van der Waals surface area contributed by atoms with E-state index >= 15 is 0 Å². The molecule has 0 atom stereocenters. The van der Waals surface area contributed by atoms with Crippen molar-refractivity contribution >= 4 is 11.0 Å². The highest BCUT2D eigenvalue weighted by Gasteiger charge is 2.17. The summed E-state index contributed by atoms with van der Waals surface area (Å²) in [6.45, 7) is 5.28. The van der Waals surface area contributed by atoms with Crippen LogP contribution in [0.1, 0.15) is 30.9 Å². The number of rotatable bonds is 5. The smallest absolute Gasteiger partial charge is 0.141 e. The fraction of sp³-hybridized carbons (Fsp3) is 0.208. The van der Waals surface area contributed by atoms with E-state index in [1.807, 2.05) is 18.3 Å². The molecule has 0 unspecified atom stereocenters. The van der Waals surface area contributed by atoms with Crippen molar-refractivity contribution in [3.63, 3.8) is 0 Å². The molecule has 4 rings (SSSR count). The van der Waals surface area contributed by atoms with Crippen molar-refractivity contribution in [2.45, 2.75) is 26.3 Å². The summed E-state index contributed by atoms with van der Waals surface area (Å²) in [4.78, 5) is 4.74. The van der Waals surface area contributed by atoms with Gasteiger partial charge in [-0.3, -0.25) is 0 Å². The van der Waals surface area contributed by atoms with Crippen molar-refractivity contribution in [3.8, 4) is 16.9 Å². The Kier molecular flexibility index (Phi) is 4.68. The molecule has 2 aromatic heterocycles. The summed E-state index contributed by atoms with van der Waals surface area (Å²) in [7, 11) is 1.69. The normalized spacial score (nSPS) is 11.3. The second-order valence-electron chi connectivity index (χ2n) is 7.14. The number of methoxy groups -OCH3 is 1. The average molecular weight is 356 g/mol. The van der Waals surface area contributed by atoms with Crippen LogP contribution in [0, 0.1) is 0 Å². The first kappa shape index (κ1) is 17.3. The Morgan fingerprint density at radius 1 is 0.963 bits per heavy atom. The Bertz CT molecular complexity index is 1050. The van der Waals surface area contributed by atoms with Gasteiger partial charge < -0.3 is 9.30 Å². The minimum Gasteiger partial charge on any atom is -0.497 e. The highest BCUT2D eigenvalue weighted by molar-refractivity contribution is 5.96. The molecule has 0 spiro atoms. The standard InChI is InChI=1S/C24H24N2O/c1-17(2)22-16-26(15-18-9-11-20(27-3)12-10-18)24-23(22)21(13-14-25-24)19-7-5-4-6-8-19/h4-14,16-17H,15H2,1-3H3. The van der Waals surface area contributed by atoms with E-state index in [0.29, 0.717) is 5.92 Å². The van der Waals surface area contributed by atoms with Gasteiger partial charge >= 0.3 is 0 Å². The first-order chi connectivity index (χ1) is 13.2. The molecule has 2 heterocycles. The molecule has 0 saturated carbocycles. The van der Waals surface area contributed by atoms with Crippen LogP contribution in [0.25, 0.3) is 22.2 Å². The van der Waals surface area contributed by atoms with Gasteiger partial charge in [0.2, 0.25) is 0 Å². The lowest BCUT2D eigenvalue weighted by molar-refractivity contribution is 0.414. The van der Waals surface area contributed by atoms with E-state index in [2.05, 4.69) is 73.1 Å². The number of benzene rings is 2. The summed E-state index contributed by atoms with van der Waals surface area (Å²) in [5.74, 6) is 1.31. The summed E-state index contributed by atoms with van der Waals surface area (Å²) in [5, 5.41) is 1.26. The van der Waals surface area contributed by atoms with Crippen LogP contribution in [-0.2, 0) is 6.54 Å². The van der Waals surface area contributed by atoms with Crippen molar-refractivity contribution in [3.05, 3.63) is 84.2 Å². The molecule has 0 saturated heterocycles. The molecule has 27 heavy (non-hydrogen) atoms. The lowest BCUT2D eigenvalue weighted by Gasteiger charge is -2.09. The molecule has 3 nitrogen and oxygen atoms in total. The zero-order valence-corrected chi connectivity index (χ0v) is 16.0. The average Bonchev–Trinajstić information content (AvgIpc) is 3.08. The van der Waals surface area contributed by atoms with Crippen molar-refractivity contribution in [1.29, 1.82) is 0 Å². The maximum Gasteiger partial charge on any atom is 0.141 e. The van der Waals surface area contributed by atoms with Crippen LogP contribution in [0.3, 0.4) is 0 Å². The zero-order chi connectivity index (χ0) is 18.8. The number of fused-ring (bicyclic) bond motifs is 1. The van der Waals surface area contributed by atoms with Crippen molar-refractivity contribution in [2.75, 3.05) is 7.11 Å². The van der Waals surface area contributed by atoms with Crippen LogP contribution in [0.2, 0.25) is 0 Å². The summed E-state index contributed by atoms with van der Waals surface area (Å²) < 4.78 is 7.53. The molecule has 4 aromatic rings. The molecular weight excluding hydrogens is 332 g/mol. The Labute approximate surface area is 160 Å². The maximum absolute atomic E-state index is 5.27. The Hall–Kier alpha value is -3.07. The van der Waals surface area contributed by atoms with Gasteiger partial charge in [-0.05, 0) is 46.4 Å². The zero-order valence-electron chi connectivity index (χ0n) is 16.0. The van der Waals surface area contributed by atoms with Crippen molar-refractivity contribution in [2.24, 2.45) is 0 Å². The lowest BCUT2D eigenvalue weighted by atomic mass is 9.96. The van der Waals surface area contributed by atoms with Crippen LogP contribution in [0.5, 0.6) is 5.75 Å². The first-order valence-electron chi connectivity index (χ1n) is 9.33. The molecule has 0 aliphatic heterocycles. The van der Waals surface area contributed by atoms with Gasteiger partial charge in [0.25, 0.3) is 0 Å². The molecular formula is C24H24N2O. The monoisotopic (exact) mass is 356 g/mol. The van der Waals surface area contributed by atoms with Gasteiger partial charge in [-0.1, -0.05) is 56.3 Å². The minimum absolute atomic E-state index is 0.427. The minimum atomic E-state index is 0.427. The van der Waals surface area contributed by atoms with Gasteiger partial charge in [-0.15, -0.1) is 0 Å². The topological polar surface area (TPSA) is 27.1 Å². The largest absolute Gasteiger partial charge is 0.497 e. The fourth-order valence-corrected chi connectivity index (χ4v) is 3.59. The van der Waals surface area contributed by atoms with Gasteiger partial charge in [0.05, 0.1) is 7.11 Å². The predicted molar refractivity (Wildman–Crippen MR) is 111 cm³/mol. The van der Waals surface area contributed by atoms with Crippen LogP contribution < -0.4 is 4.74 Å². The van der Waals surface area contributed by atoms with E-state index < -0.39 is 0 Å². The Morgan fingerprint density at radius 3 is 2.37 bits per heavy atom. The highest BCUT2D eigenvalue weighted by atomic mass is 16.5. The molecule has 0 N–H and O–H groups in total. The second kappa shape index (κ2) is 7.28. The van der Waals surface area contributed by atoms with E-state index in [1.165, 1.54) is 27.6 Å². The predicted octanol–water partition coefficient (Wildman–Crippen LogP) is 5.88. The van der Waals surface area contributed by atoms with Gasteiger partial charge in [0.15, 0.2) is 0 Å². The van der Waals surface area contributed by atoms with Gasteiger partial charge in [-0.25, -0.2) is 4.98 Å². The highest BCUT2D eigenvalue weighted by Crippen LogP contribution is 2.35. The van der Waals surface area contributed by atoms with E-state index in [4.69, 9.17) is 9.72 Å². The molecule has 3 heteroatoms. The molecule has 136 valence electrons. The van der Waals surface area contributed by atoms with Crippen LogP contribution in [-0.4, -0.2) is 16.7 Å². The third-order valence-electron chi connectivity index (χ3n) is 5.01. The second-order valence-corrected chi connectivity index (χ2v) is 7.14. The van der Waals surface area contributed by atoms with Gasteiger partial charge in [0, 0.05) is 24.3 Å². The summed E-state index contributed by atoms with van der Waals surface area (Å²) >= 11 is 0. The molecule has 0 fully saturated rings. The number of aromatic nitrogens is 2. The molecule has 0 aliphatic carbocycles. The Balaban J connectivity index is 1.84. The van der Waals surface area contributed by atoms with Crippen LogP contribution >= 0.6 is 0 Å². The first-order valence-corrected chi connectivity index (χ1v) is 9.33.